The van der Waals surface area contributed by atoms with E-state index >= 15 is 0 Å². The second-order valence-corrected chi connectivity index (χ2v) is 8.37. The van der Waals surface area contributed by atoms with Crippen LogP contribution in [-0.4, -0.2) is 40.8 Å². The zero-order valence-electron chi connectivity index (χ0n) is 14.8. The van der Waals surface area contributed by atoms with Gasteiger partial charge in [0.1, 0.15) is 0 Å². The van der Waals surface area contributed by atoms with Crippen molar-refractivity contribution in [3.8, 4) is 0 Å². The van der Waals surface area contributed by atoms with Gasteiger partial charge in [0.05, 0.1) is 11.4 Å². The molecular formula is C20H16N2O4S2. The molecule has 0 unspecified atom stereocenters. The Morgan fingerprint density at radius 1 is 1.11 bits per heavy atom. The SMILES string of the molecule is O=C(CN1C(=O)SC(=Cc2cccs2)C1=O)c1ccc(N2CCCC2=O)cc1. The van der Waals surface area contributed by atoms with Gasteiger partial charge in [-0.25, -0.2) is 0 Å². The molecule has 2 saturated heterocycles. The largest absolute Gasteiger partial charge is 0.312 e. The van der Waals surface area contributed by atoms with E-state index in [1.165, 1.54) is 11.3 Å². The summed E-state index contributed by atoms with van der Waals surface area (Å²) in [5.41, 5.74) is 1.15. The number of carbonyl (C=O) groups excluding carboxylic acids is 4. The minimum absolute atomic E-state index is 0.0782. The third-order valence-corrected chi connectivity index (χ3v) is 6.29. The highest BCUT2D eigenvalue weighted by atomic mass is 32.2. The van der Waals surface area contributed by atoms with Crippen LogP contribution in [0.25, 0.3) is 6.08 Å². The fraction of sp³-hybridized carbons (Fsp3) is 0.200. The molecular weight excluding hydrogens is 396 g/mol. The summed E-state index contributed by atoms with van der Waals surface area (Å²) >= 11 is 2.32. The van der Waals surface area contributed by atoms with Crippen LogP contribution < -0.4 is 4.90 Å². The van der Waals surface area contributed by atoms with Crippen LogP contribution in [0.1, 0.15) is 28.1 Å². The maximum Gasteiger partial charge on any atom is 0.293 e. The number of hydrogen-bond donors (Lipinski definition) is 0. The molecule has 2 aliphatic heterocycles. The molecule has 8 heteroatoms. The van der Waals surface area contributed by atoms with Crippen LogP contribution in [0.2, 0.25) is 0 Å². The number of nitrogens with zero attached hydrogens (tertiary/aromatic N) is 2. The van der Waals surface area contributed by atoms with Crippen LogP contribution in [-0.2, 0) is 9.59 Å². The third-order valence-electron chi connectivity index (χ3n) is 4.57. The van der Waals surface area contributed by atoms with E-state index < -0.39 is 11.1 Å². The number of hydrogen-bond acceptors (Lipinski definition) is 6. The lowest BCUT2D eigenvalue weighted by atomic mass is 10.1. The summed E-state index contributed by atoms with van der Waals surface area (Å²) in [5.74, 6) is -0.690. The molecule has 28 heavy (non-hydrogen) atoms. The van der Waals surface area contributed by atoms with Gasteiger partial charge in [-0.05, 0) is 60.0 Å². The molecule has 2 aliphatic rings. The third kappa shape index (κ3) is 3.65. The Morgan fingerprint density at radius 2 is 1.89 bits per heavy atom. The van der Waals surface area contributed by atoms with Gasteiger partial charge in [0.15, 0.2) is 5.78 Å². The molecule has 3 amide bonds. The zero-order chi connectivity index (χ0) is 19.7. The van der Waals surface area contributed by atoms with E-state index in [2.05, 4.69) is 0 Å². The average Bonchev–Trinajstić information content (AvgIpc) is 3.41. The van der Waals surface area contributed by atoms with Crippen molar-refractivity contribution in [3.05, 3.63) is 57.1 Å². The van der Waals surface area contributed by atoms with Gasteiger partial charge in [0, 0.05) is 29.1 Å². The van der Waals surface area contributed by atoms with Gasteiger partial charge in [0.25, 0.3) is 11.1 Å². The lowest BCUT2D eigenvalue weighted by Gasteiger charge is -2.16. The summed E-state index contributed by atoms with van der Waals surface area (Å²) in [4.78, 5) is 52.9. The summed E-state index contributed by atoms with van der Waals surface area (Å²) in [7, 11) is 0. The lowest BCUT2D eigenvalue weighted by Crippen LogP contribution is -2.33. The van der Waals surface area contributed by atoms with Crippen LogP contribution in [0.5, 0.6) is 0 Å². The molecule has 1 aromatic carbocycles. The molecule has 3 heterocycles. The number of thiophene rings is 1. The standard InChI is InChI=1S/C20H16N2O4S2/c23-16(13-5-7-14(8-6-13)21-9-1-4-18(21)24)12-22-19(25)17(28-20(22)26)11-15-3-2-10-27-15/h2-3,5-8,10-11H,1,4,9,12H2. The fourth-order valence-corrected chi connectivity index (χ4v) is 4.68. The Morgan fingerprint density at radius 3 is 2.54 bits per heavy atom. The molecule has 0 spiro atoms. The summed E-state index contributed by atoms with van der Waals surface area (Å²) in [6, 6.07) is 10.4. The van der Waals surface area contributed by atoms with E-state index in [1.54, 1.807) is 35.2 Å². The molecule has 0 N–H and O–H groups in total. The Kier molecular flexibility index (Phi) is 5.15. The van der Waals surface area contributed by atoms with Crippen molar-refractivity contribution < 1.29 is 19.2 Å². The molecule has 2 fully saturated rings. The molecule has 0 radical (unpaired) electrons. The minimum atomic E-state index is -0.448. The summed E-state index contributed by atoms with van der Waals surface area (Å²) < 4.78 is 0. The zero-order valence-corrected chi connectivity index (χ0v) is 16.4. The first kappa shape index (κ1) is 18.6. The summed E-state index contributed by atoms with van der Waals surface area (Å²) in [6.07, 6.45) is 3.04. The van der Waals surface area contributed by atoms with Crippen LogP contribution in [0.3, 0.4) is 0 Å². The monoisotopic (exact) mass is 412 g/mol. The van der Waals surface area contributed by atoms with E-state index in [0.29, 0.717) is 23.4 Å². The number of Topliss-reactive ketones (excluding diaryl/α,β-unsaturated/α-hetero) is 1. The van der Waals surface area contributed by atoms with E-state index in [9.17, 15) is 19.2 Å². The van der Waals surface area contributed by atoms with Gasteiger partial charge in [0.2, 0.25) is 5.91 Å². The molecule has 1 aromatic heterocycles. The topological polar surface area (TPSA) is 74.8 Å². The second-order valence-electron chi connectivity index (χ2n) is 6.40. The second kappa shape index (κ2) is 7.73. The van der Waals surface area contributed by atoms with Gasteiger partial charge in [-0.2, -0.15) is 0 Å². The first-order valence-electron chi connectivity index (χ1n) is 8.75. The highest BCUT2D eigenvalue weighted by molar-refractivity contribution is 8.18. The van der Waals surface area contributed by atoms with Gasteiger partial charge in [-0.3, -0.25) is 24.1 Å². The maximum absolute atomic E-state index is 12.6. The summed E-state index contributed by atoms with van der Waals surface area (Å²) in [6.45, 7) is 0.383. The average molecular weight is 412 g/mol. The first-order valence-corrected chi connectivity index (χ1v) is 10.4. The van der Waals surface area contributed by atoms with E-state index in [4.69, 9.17) is 0 Å². The quantitative estimate of drug-likeness (QED) is 0.552. The molecule has 6 nitrogen and oxygen atoms in total. The Hall–Kier alpha value is -2.71. The molecule has 0 aliphatic carbocycles. The Bertz CT molecular complexity index is 980. The number of imide groups is 1. The first-order chi connectivity index (χ1) is 13.5. The van der Waals surface area contributed by atoms with Gasteiger partial charge in [-0.15, -0.1) is 11.3 Å². The van der Waals surface area contributed by atoms with Crippen LogP contribution in [0.15, 0.2) is 46.7 Å². The van der Waals surface area contributed by atoms with Crippen molar-refractivity contribution in [2.75, 3.05) is 18.0 Å². The number of rotatable bonds is 5. The van der Waals surface area contributed by atoms with Crippen LogP contribution >= 0.6 is 23.1 Å². The molecule has 0 atom stereocenters. The highest BCUT2D eigenvalue weighted by Gasteiger charge is 2.36. The molecule has 0 saturated carbocycles. The lowest BCUT2D eigenvalue weighted by molar-refractivity contribution is -0.122. The van der Waals surface area contributed by atoms with Crippen molar-refractivity contribution in [1.82, 2.24) is 4.90 Å². The van der Waals surface area contributed by atoms with E-state index in [-0.39, 0.29) is 18.2 Å². The number of ketones is 1. The number of benzene rings is 1. The molecule has 2 aromatic rings. The van der Waals surface area contributed by atoms with Crippen molar-refractivity contribution in [1.29, 1.82) is 0 Å². The number of amides is 3. The Balaban J connectivity index is 1.45. The van der Waals surface area contributed by atoms with Crippen LogP contribution in [0, 0.1) is 0 Å². The fourth-order valence-electron chi connectivity index (χ4n) is 3.12. The van der Waals surface area contributed by atoms with Crippen molar-refractivity contribution in [2.24, 2.45) is 0 Å². The van der Waals surface area contributed by atoms with Gasteiger partial charge >= 0.3 is 0 Å². The van der Waals surface area contributed by atoms with Gasteiger partial charge in [-0.1, -0.05) is 6.07 Å². The van der Waals surface area contributed by atoms with Crippen LogP contribution in [0.4, 0.5) is 10.5 Å². The van der Waals surface area contributed by atoms with Crippen molar-refractivity contribution in [2.45, 2.75) is 12.8 Å². The van der Waals surface area contributed by atoms with Gasteiger partial charge < -0.3 is 4.90 Å². The van der Waals surface area contributed by atoms with E-state index in [0.717, 1.165) is 33.6 Å². The number of anilines is 1. The Labute approximate surface area is 169 Å². The number of carbonyl (C=O) groups is 4. The molecule has 142 valence electrons. The molecule has 0 bridgehead atoms. The number of thioether (sulfide) groups is 1. The predicted octanol–water partition coefficient (Wildman–Crippen LogP) is 3.79. The maximum atomic E-state index is 12.6. The summed E-state index contributed by atoms with van der Waals surface area (Å²) in [5, 5.41) is 1.44. The smallest absolute Gasteiger partial charge is 0.293 e. The van der Waals surface area contributed by atoms with Crippen molar-refractivity contribution >= 4 is 57.7 Å². The minimum Gasteiger partial charge on any atom is -0.312 e. The normalized spacial score (nSPS) is 18.6. The van der Waals surface area contributed by atoms with Crippen molar-refractivity contribution in [3.63, 3.8) is 0 Å². The molecule has 4 rings (SSSR count). The highest BCUT2D eigenvalue weighted by Crippen LogP contribution is 2.33. The predicted molar refractivity (Wildman–Crippen MR) is 109 cm³/mol. The van der Waals surface area contributed by atoms with E-state index in [1.807, 2.05) is 17.5 Å².